The summed E-state index contributed by atoms with van der Waals surface area (Å²) >= 11 is 1.44. The number of anilines is 1. The van der Waals surface area contributed by atoms with Gasteiger partial charge in [-0.15, -0.1) is 11.3 Å². The first-order valence-corrected chi connectivity index (χ1v) is 7.82. The Labute approximate surface area is 127 Å². The summed E-state index contributed by atoms with van der Waals surface area (Å²) in [5, 5.41) is 1.80. The Morgan fingerprint density at radius 2 is 2.05 bits per heavy atom. The molecule has 3 heterocycles. The van der Waals surface area contributed by atoms with Crippen molar-refractivity contribution in [2.24, 2.45) is 0 Å². The largest absolute Gasteiger partial charge is 0.337 e. The van der Waals surface area contributed by atoms with Gasteiger partial charge in [-0.1, -0.05) is 0 Å². The van der Waals surface area contributed by atoms with Crippen molar-refractivity contribution >= 4 is 23.2 Å². The van der Waals surface area contributed by atoms with E-state index < -0.39 is 0 Å². The van der Waals surface area contributed by atoms with Gasteiger partial charge in [0, 0.05) is 43.4 Å². The Hall–Kier alpha value is -2.02. The van der Waals surface area contributed by atoms with Crippen molar-refractivity contribution < 1.29 is 4.79 Å². The number of rotatable bonds is 2. The lowest BCUT2D eigenvalue weighted by Gasteiger charge is -2.39. The highest BCUT2D eigenvalue weighted by molar-refractivity contribution is 7.07. The molecule has 1 aliphatic rings. The third-order valence-corrected chi connectivity index (χ3v) is 4.18. The normalized spacial score (nSPS) is 18.9. The van der Waals surface area contributed by atoms with E-state index in [1.807, 2.05) is 31.1 Å². The van der Waals surface area contributed by atoms with E-state index in [0.29, 0.717) is 12.2 Å². The maximum Gasteiger partial charge on any atom is 0.273 e. The second kappa shape index (κ2) is 5.77. The highest BCUT2D eigenvalue weighted by Crippen LogP contribution is 2.17. The maximum absolute atomic E-state index is 12.4. The monoisotopic (exact) mass is 303 g/mol. The highest BCUT2D eigenvalue weighted by Gasteiger charge is 2.29. The number of hydrogen-bond donors (Lipinski definition) is 0. The van der Waals surface area contributed by atoms with E-state index in [1.165, 1.54) is 11.3 Å². The van der Waals surface area contributed by atoms with Crippen LogP contribution in [0, 0.1) is 6.92 Å². The molecular weight excluding hydrogens is 286 g/mol. The lowest BCUT2D eigenvalue weighted by Crippen LogP contribution is -2.54. The van der Waals surface area contributed by atoms with Crippen LogP contribution in [0.1, 0.15) is 23.0 Å². The Morgan fingerprint density at radius 3 is 2.67 bits per heavy atom. The van der Waals surface area contributed by atoms with Gasteiger partial charge in [-0.3, -0.25) is 4.79 Å². The zero-order chi connectivity index (χ0) is 14.8. The first-order valence-electron chi connectivity index (χ1n) is 6.88. The average Bonchev–Trinajstić information content (AvgIpc) is 3.01. The molecule has 1 saturated heterocycles. The third kappa shape index (κ3) is 2.87. The Morgan fingerprint density at radius 1 is 1.29 bits per heavy atom. The number of thiazole rings is 1. The Balaban J connectivity index is 1.69. The maximum atomic E-state index is 12.4. The van der Waals surface area contributed by atoms with E-state index in [0.717, 1.165) is 24.6 Å². The van der Waals surface area contributed by atoms with Crippen molar-refractivity contribution in [3.05, 3.63) is 34.5 Å². The average molecular weight is 303 g/mol. The zero-order valence-corrected chi connectivity index (χ0v) is 12.9. The number of amides is 1. The standard InChI is InChI=1S/C14H17N5OS/c1-10-5-15-14(16-6-10)18-3-4-19(11(2)7-18)13(20)12-8-21-9-17-12/h5-6,8-9,11H,3-4,7H2,1-2H3/t11-/m0/s1. The predicted octanol–water partition coefficient (Wildman–Crippen LogP) is 1.59. The molecule has 7 heteroatoms. The quantitative estimate of drug-likeness (QED) is 0.843. The fraction of sp³-hybridized carbons (Fsp3) is 0.429. The van der Waals surface area contributed by atoms with Crippen molar-refractivity contribution in [1.82, 2.24) is 19.9 Å². The molecular formula is C14H17N5OS. The number of piperazine rings is 1. The molecule has 21 heavy (non-hydrogen) atoms. The molecule has 2 aromatic heterocycles. The topological polar surface area (TPSA) is 62.2 Å². The SMILES string of the molecule is Cc1cnc(N2CCN(C(=O)c3cscn3)[C@@H](C)C2)nc1. The minimum absolute atomic E-state index is 0.00762. The number of carbonyl (C=O) groups excluding carboxylic acids is 1. The summed E-state index contributed by atoms with van der Waals surface area (Å²) in [5.74, 6) is 0.737. The molecule has 110 valence electrons. The van der Waals surface area contributed by atoms with Gasteiger partial charge in [-0.05, 0) is 19.4 Å². The van der Waals surface area contributed by atoms with Crippen molar-refractivity contribution in [3.8, 4) is 0 Å². The molecule has 0 spiro atoms. The van der Waals surface area contributed by atoms with Crippen LogP contribution in [-0.4, -0.2) is 51.4 Å². The molecule has 1 fully saturated rings. The Kier molecular flexibility index (Phi) is 3.83. The first kappa shape index (κ1) is 13.9. The summed E-state index contributed by atoms with van der Waals surface area (Å²) < 4.78 is 0. The lowest BCUT2D eigenvalue weighted by atomic mass is 10.2. The zero-order valence-electron chi connectivity index (χ0n) is 12.1. The van der Waals surface area contributed by atoms with Crippen LogP contribution in [0.5, 0.6) is 0 Å². The van der Waals surface area contributed by atoms with Gasteiger partial charge in [0.1, 0.15) is 5.69 Å². The number of aryl methyl sites for hydroxylation is 1. The Bertz CT molecular complexity index is 613. The van der Waals surface area contributed by atoms with Crippen LogP contribution in [0.25, 0.3) is 0 Å². The van der Waals surface area contributed by atoms with E-state index >= 15 is 0 Å². The molecule has 0 radical (unpaired) electrons. The van der Waals surface area contributed by atoms with Gasteiger partial charge in [-0.25, -0.2) is 15.0 Å². The van der Waals surface area contributed by atoms with Crippen LogP contribution in [0.4, 0.5) is 5.95 Å². The molecule has 1 amide bonds. The lowest BCUT2D eigenvalue weighted by molar-refractivity contribution is 0.0668. The molecule has 6 nitrogen and oxygen atoms in total. The first-order chi connectivity index (χ1) is 10.1. The fourth-order valence-electron chi connectivity index (χ4n) is 2.46. The summed E-state index contributed by atoms with van der Waals surface area (Å²) in [7, 11) is 0. The number of nitrogens with zero attached hydrogens (tertiary/aromatic N) is 5. The number of carbonyl (C=O) groups is 1. The second-order valence-electron chi connectivity index (χ2n) is 5.23. The van der Waals surface area contributed by atoms with E-state index in [-0.39, 0.29) is 11.9 Å². The van der Waals surface area contributed by atoms with E-state index in [9.17, 15) is 4.79 Å². The molecule has 0 aliphatic carbocycles. The molecule has 3 rings (SSSR count). The van der Waals surface area contributed by atoms with Crippen molar-refractivity contribution in [1.29, 1.82) is 0 Å². The minimum Gasteiger partial charge on any atom is -0.337 e. The summed E-state index contributed by atoms with van der Waals surface area (Å²) in [6.07, 6.45) is 3.64. The molecule has 1 atom stereocenters. The van der Waals surface area contributed by atoms with Gasteiger partial charge in [0.25, 0.3) is 5.91 Å². The van der Waals surface area contributed by atoms with Crippen LogP contribution in [0.3, 0.4) is 0 Å². The summed E-state index contributed by atoms with van der Waals surface area (Å²) in [6.45, 7) is 6.15. The molecule has 1 aliphatic heterocycles. The van der Waals surface area contributed by atoms with Gasteiger partial charge in [0.05, 0.1) is 5.51 Å². The minimum atomic E-state index is 0.00762. The molecule has 0 N–H and O–H groups in total. The third-order valence-electron chi connectivity index (χ3n) is 3.59. The summed E-state index contributed by atoms with van der Waals surface area (Å²) in [6, 6.07) is 0.109. The van der Waals surface area contributed by atoms with E-state index in [1.54, 1.807) is 10.9 Å². The molecule has 0 aromatic carbocycles. The smallest absolute Gasteiger partial charge is 0.273 e. The van der Waals surface area contributed by atoms with Crippen LogP contribution >= 0.6 is 11.3 Å². The molecule has 0 bridgehead atoms. The number of aromatic nitrogens is 3. The summed E-state index contributed by atoms with van der Waals surface area (Å²) in [4.78, 5) is 29.2. The summed E-state index contributed by atoms with van der Waals surface area (Å²) in [5.41, 5.74) is 3.27. The van der Waals surface area contributed by atoms with Crippen LogP contribution in [0.2, 0.25) is 0 Å². The van der Waals surface area contributed by atoms with Gasteiger partial charge in [0.15, 0.2) is 0 Å². The molecule has 2 aromatic rings. The van der Waals surface area contributed by atoms with Gasteiger partial charge >= 0.3 is 0 Å². The second-order valence-corrected chi connectivity index (χ2v) is 5.95. The van der Waals surface area contributed by atoms with Gasteiger partial charge in [-0.2, -0.15) is 0 Å². The fourth-order valence-corrected chi connectivity index (χ4v) is 2.98. The van der Waals surface area contributed by atoms with Crippen LogP contribution in [0.15, 0.2) is 23.3 Å². The number of hydrogen-bond acceptors (Lipinski definition) is 6. The van der Waals surface area contributed by atoms with Crippen molar-refractivity contribution in [2.75, 3.05) is 24.5 Å². The molecule has 0 saturated carbocycles. The van der Waals surface area contributed by atoms with Crippen LogP contribution < -0.4 is 4.90 Å². The van der Waals surface area contributed by atoms with E-state index in [4.69, 9.17) is 0 Å². The molecule has 0 unspecified atom stereocenters. The van der Waals surface area contributed by atoms with E-state index in [2.05, 4.69) is 19.9 Å². The van der Waals surface area contributed by atoms with Crippen molar-refractivity contribution in [2.45, 2.75) is 19.9 Å². The van der Waals surface area contributed by atoms with Crippen LogP contribution in [-0.2, 0) is 0 Å². The van der Waals surface area contributed by atoms with Gasteiger partial charge in [0.2, 0.25) is 5.95 Å². The van der Waals surface area contributed by atoms with Gasteiger partial charge < -0.3 is 9.80 Å². The highest BCUT2D eigenvalue weighted by atomic mass is 32.1. The predicted molar refractivity (Wildman–Crippen MR) is 81.6 cm³/mol. The van der Waals surface area contributed by atoms with Crippen molar-refractivity contribution in [3.63, 3.8) is 0 Å².